The molecule has 1 N–H and O–H groups in total. The van der Waals surface area contributed by atoms with E-state index in [2.05, 4.69) is 97.2 Å². The smallest absolute Gasteiger partial charge is 0.0291 e. The summed E-state index contributed by atoms with van der Waals surface area (Å²) in [6, 6.07) is 31.2. The molecule has 0 aromatic heterocycles. The van der Waals surface area contributed by atoms with E-state index >= 15 is 0 Å². The summed E-state index contributed by atoms with van der Waals surface area (Å²) < 4.78 is 0. The van der Waals surface area contributed by atoms with Crippen LogP contribution in [0.1, 0.15) is 54.0 Å². The average molecular weight is 356 g/mol. The fraction of sp³-hybridized carbons (Fsp3) is 0.308. The highest BCUT2D eigenvalue weighted by molar-refractivity contribution is 5.40. The topological polar surface area (TPSA) is 12.0 Å². The first-order valence-electron chi connectivity index (χ1n) is 10.2. The first kappa shape index (κ1) is 18.0. The van der Waals surface area contributed by atoms with Crippen LogP contribution in [-0.2, 0) is 6.42 Å². The Balaban J connectivity index is 1.42. The highest BCUT2D eigenvalue weighted by atomic mass is 14.9. The Morgan fingerprint density at radius 2 is 1.52 bits per heavy atom. The Kier molecular flexibility index (Phi) is 5.69. The molecule has 3 aromatic rings. The van der Waals surface area contributed by atoms with E-state index in [1.807, 2.05) is 0 Å². The van der Waals surface area contributed by atoms with Crippen LogP contribution in [0, 0.1) is 5.92 Å². The van der Waals surface area contributed by atoms with Crippen LogP contribution in [0.4, 0.5) is 0 Å². The number of hydrogen-bond acceptors (Lipinski definition) is 1. The minimum atomic E-state index is 0.409. The number of nitrogens with one attached hydrogen (secondary N) is 1. The average Bonchev–Trinajstić information content (AvgIpc) is 2.74. The van der Waals surface area contributed by atoms with Crippen molar-refractivity contribution in [1.82, 2.24) is 5.32 Å². The number of benzene rings is 3. The van der Waals surface area contributed by atoms with Crippen molar-refractivity contribution in [2.45, 2.75) is 38.1 Å². The van der Waals surface area contributed by atoms with Crippen LogP contribution in [0.25, 0.3) is 0 Å². The Morgan fingerprint density at radius 3 is 2.30 bits per heavy atom. The molecule has 1 nitrogen and oxygen atoms in total. The molecule has 138 valence electrons. The van der Waals surface area contributed by atoms with Crippen LogP contribution in [0.15, 0.2) is 84.9 Å². The largest absolute Gasteiger partial charge is 0.310 e. The van der Waals surface area contributed by atoms with Gasteiger partial charge in [0.1, 0.15) is 0 Å². The molecule has 1 aliphatic carbocycles. The van der Waals surface area contributed by atoms with Gasteiger partial charge in [0.15, 0.2) is 0 Å². The summed E-state index contributed by atoms with van der Waals surface area (Å²) in [6.45, 7) is 3.34. The van der Waals surface area contributed by atoms with Gasteiger partial charge in [0, 0.05) is 12.0 Å². The number of fused-ring (bicyclic) bond motifs is 1. The molecule has 1 heteroatoms. The predicted molar refractivity (Wildman–Crippen MR) is 114 cm³/mol. The summed E-state index contributed by atoms with van der Waals surface area (Å²) >= 11 is 0. The third-order valence-corrected chi connectivity index (χ3v) is 6.01. The highest BCUT2D eigenvalue weighted by Crippen LogP contribution is 2.40. The molecule has 3 atom stereocenters. The number of hydrogen-bond donors (Lipinski definition) is 1. The van der Waals surface area contributed by atoms with Gasteiger partial charge in [-0.3, -0.25) is 0 Å². The standard InChI is InChI=1S/C26H29N/c1-20(22-10-4-2-5-11-22)27-17-16-21-18-24-14-8-9-15-25(24)26(19-21)23-12-6-3-7-13-23/h2-15,20-21,26-27H,16-19H2,1H3/t20-,21?,26?/m1/s1. The summed E-state index contributed by atoms with van der Waals surface area (Å²) in [5.74, 6) is 1.27. The van der Waals surface area contributed by atoms with Gasteiger partial charge in [0.05, 0.1) is 0 Å². The van der Waals surface area contributed by atoms with Crippen molar-refractivity contribution in [2.75, 3.05) is 6.54 Å². The van der Waals surface area contributed by atoms with E-state index in [0.717, 1.165) is 12.5 Å². The summed E-state index contributed by atoms with van der Waals surface area (Å²) in [4.78, 5) is 0. The van der Waals surface area contributed by atoms with Crippen molar-refractivity contribution in [3.05, 3.63) is 107 Å². The van der Waals surface area contributed by atoms with Crippen molar-refractivity contribution < 1.29 is 0 Å². The molecule has 27 heavy (non-hydrogen) atoms. The van der Waals surface area contributed by atoms with Gasteiger partial charge in [-0.25, -0.2) is 0 Å². The van der Waals surface area contributed by atoms with Gasteiger partial charge in [-0.05, 0) is 60.9 Å². The predicted octanol–water partition coefficient (Wildman–Crippen LogP) is 6.12. The summed E-state index contributed by atoms with van der Waals surface area (Å²) in [6.07, 6.45) is 3.69. The van der Waals surface area contributed by atoms with Crippen molar-refractivity contribution in [3.63, 3.8) is 0 Å². The summed E-state index contributed by atoms with van der Waals surface area (Å²) in [7, 11) is 0. The lowest BCUT2D eigenvalue weighted by atomic mass is 9.73. The molecule has 2 unspecified atom stereocenters. The lowest BCUT2D eigenvalue weighted by Gasteiger charge is -2.32. The van der Waals surface area contributed by atoms with Gasteiger partial charge < -0.3 is 5.32 Å². The lowest BCUT2D eigenvalue weighted by Crippen LogP contribution is -2.25. The molecule has 0 spiro atoms. The molecule has 4 rings (SSSR count). The van der Waals surface area contributed by atoms with E-state index in [4.69, 9.17) is 0 Å². The number of rotatable bonds is 6. The van der Waals surface area contributed by atoms with Crippen molar-refractivity contribution in [2.24, 2.45) is 5.92 Å². The molecule has 0 bridgehead atoms. The first-order chi connectivity index (χ1) is 13.3. The highest BCUT2D eigenvalue weighted by Gasteiger charge is 2.27. The summed E-state index contributed by atoms with van der Waals surface area (Å²) in [5, 5.41) is 3.72. The molecule has 0 amide bonds. The Bertz CT molecular complexity index is 840. The van der Waals surface area contributed by atoms with E-state index in [1.165, 1.54) is 36.0 Å². The van der Waals surface area contributed by atoms with Crippen molar-refractivity contribution in [1.29, 1.82) is 0 Å². The zero-order valence-electron chi connectivity index (χ0n) is 16.1. The molecule has 0 fully saturated rings. The molecular weight excluding hydrogens is 326 g/mol. The van der Waals surface area contributed by atoms with Gasteiger partial charge in [-0.15, -0.1) is 0 Å². The second-order valence-electron chi connectivity index (χ2n) is 7.84. The first-order valence-corrected chi connectivity index (χ1v) is 10.2. The van der Waals surface area contributed by atoms with Crippen molar-refractivity contribution in [3.8, 4) is 0 Å². The molecule has 0 saturated carbocycles. The van der Waals surface area contributed by atoms with Crippen molar-refractivity contribution >= 4 is 0 Å². The van der Waals surface area contributed by atoms with E-state index in [-0.39, 0.29) is 0 Å². The second kappa shape index (κ2) is 8.54. The zero-order chi connectivity index (χ0) is 18.5. The van der Waals surface area contributed by atoms with Crippen LogP contribution in [0.3, 0.4) is 0 Å². The van der Waals surface area contributed by atoms with Crippen LogP contribution in [0.2, 0.25) is 0 Å². The maximum Gasteiger partial charge on any atom is 0.0291 e. The molecule has 0 aliphatic heterocycles. The maximum atomic E-state index is 3.72. The lowest BCUT2D eigenvalue weighted by molar-refractivity contribution is 0.383. The van der Waals surface area contributed by atoms with E-state index < -0.39 is 0 Å². The molecular formula is C26H29N. The minimum Gasteiger partial charge on any atom is -0.310 e. The maximum absolute atomic E-state index is 3.72. The molecule has 0 saturated heterocycles. The van der Waals surface area contributed by atoms with Gasteiger partial charge in [0.2, 0.25) is 0 Å². The van der Waals surface area contributed by atoms with E-state index in [1.54, 1.807) is 5.56 Å². The Morgan fingerprint density at radius 1 is 0.852 bits per heavy atom. The molecule has 0 radical (unpaired) electrons. The fourth-order valence-electron chi connectivity index (χ4n) is 4.50. The second-order valence-corrected chi connectivity index (χ2v) is 7.84. The molecule has 1 aliphatic rings. The summed E-state index contributed by atoms with van der Waals surface area (Å²) in [5.41, 5.74) is 5.90. The SMILES string of the molecule is C[C@@H](NCCC1Cc2ccccc2C(c2ccccc2)C1)c1ccccc1. The monoisotopic (exact) mass is 355 g/mol. The van der Waals surface area contributed by atoms with Gasteiger partial charge >= 0.3 is 0 Å². The normalized spacial score (nSPS) is 20.0. The third-order valence-electron chi connectivity index (χ3n) is 6.01. The minimum absolute atomic E-state index is 0.409. The van der Waals surface area contributed by atoms with Gasteiger partial charge in [-0.2, -0.15) is 0 Å². The Hall–Kier alpha value is -2.38. The van der Waals surface area contributed by atoms with E-state index in [0.29, 0.717) is 12.0 Å². The third kappa shape index (κ3) is 4.31. The van der Waals surface area contributed by atoms with Crippen LogP contribution < -0.4 is 5.32 Å². The van der Waals surface area contributed by atoms with Crippen LogP contribution in [0.5, 0.6) is 0 Å². The fourth-order valence-corrected chi connectivity index (χ4v) is 4.50. The van der Waals surface area contributed by atoms with Crippen LogP contribution in [-0.4, -0.2) is 6.54 Å². The molecule has 3 aromatic carbocycles. The Labute approximate surface area is 163 Å². The van der Waals surface area contributed by atoms with Crippen LogP contribution >= 0.6 is 0 Å². The van der Waals surface area contributed by atoms with Gasteiger partial charge in [0.25, 0.3) is 0 Å². The van der Waals surface area contributed by atoms with Gasteiger partial charge in [-0.1, -0.05) is 84.9 Å². The quantitative estimate of drug-likeness (QED) is 0.561. The zero-order valence-corrected chi connectivity index (χ0v) is 16.1. The van der Waals surface area contributed by atoms with E-state index in [9.17, 15) is 0 Å². The molecule has 0 heterocycles.